The molecule has 6 nitrogen and oxygen atoms in total. The SMILES string of the molecule is NCc1nc2cc(-c3ccncn3)sc2c(=O)[nH]1. The molecular weight excluding hydrogens is 250 g/mol. The van der Waals surface area contributed by atoms with Crippen LogP contribution >= 0.6 is 11.3 Å². The summed E-state index contributed by atoms with van der Waals surface area (Å²) in [5.74, 6) is 0.486. The van der Waals surface area contributed by atoms with Crippen molar-refractivity contribution in [1.29, 1.82) is 0 Å². The van der Waals surface area contributed by atoms with E-state index >= 15 is 0 Å². The fraction of sp³-hybridized carbons (Fsp3) is 0.0909. The van der Waals surface area contributed by atoms with Crippen LogP contribution < -0.4 is 11.3 Å². The molecule has 3 aromatic heterocycles. The Bertz CT molecular complexity index is 749. The van der Waals surface area contributed by atoms with Crippen LogP contribution in [-0.2, 0) is 6.54 Å². The van der Waals surface area contributed by atoms with Crippen LogP contribution in [-0.4, -0.2) is 19.9 Å². The topological polar surface area (TPSA) is 97.5 Å². The molecule has 0 aliphatic heterocycles. The number of thiophene rings is 1. The van der Waals surface area contributed by atoms with Crippen LogP contribution in [0.25, 0.3) is 20.8 Å². The summed E-state index contributed by atoms with van der Waals surface area (Å²) in [6.45, 7) is 0.212. The number of rotatable bonds is 2. The largest absolute Gasteiger partial charge is 0.324 e. The number of nitrogens with two attached hydrogens (primary N) is 1. The Morgan fingerprint density at radius 2 is 2.33 bits per heavy atom. The minimum Gasteiger partial charge on any atom is -0.324 e. The van der Waals surface area contributed by atoms with Crippen LogP contribution in [0.15, 0.2) is 29.5 Å². The first-order valence-corrected chi connectivity index (χ1v) is 6.09. The molecule has 0 aromatic carbocycles. The highest BCUT2D eigenvalue weighted by molar-refractivity contribution is 7.22. The van der Waals surface area contributed by atoms with Crippen LogP contribution in [0.3, 0.4) is 0 Å². The second-order valence-electron chi connectivity index (χ2n) is 3.64. The Balaban J connectivity index is 2.23. The number of aromatic amines is 1. The molecule has 3 heterocycles. The van der Waals surface area contributed by atoms with Crippen molar-refractivity contribution in [2.24, 2.45) is 5.73 Å². The average Bonchev–Trinajstić information content (AvgIpc) is 2.84. The van der Waals surface area contributed by atoms with E-state index in [0.717, 1.165) is 10.6 Å². The van der Waals surface area contributed by atoms with Crippen molar-refractivity contribution in [3.63, 3.8) is 0 Å². The van der Waals surface area contributed by atoms with Gasteiger partial charge in [0.15, 0.2) is 0 Å². The summed E-state index contributed by atoms with van der Waals surface area (Å²) >= 11 is 1.36. The van der Waals surface area contributed by atoms with Crippen LogP contribution in [0.2, 0.25) is 0 Å². The summed E-state index contributed by atoms with van der Waals surface area (Å²) in [4.78, 5) is 27.7. The van der Waals surface area contributed by atoms with Gasteiger partial charge in [0.1, 0.15) is 16.9 Å². The van der Waals surface area contributed by atoms with E-state index in [1.807, 2.05) is 6.07 Å². The van der Waals surface area contributed by atoms with E-state index in [9.17, 15) is 4.79 Å². The van der Waals surface area contributed by atoms with Gasteiger partial charge in [-0.15, -0.1) is 11.3 Å². The molecule has 0 unspecified atom stereocenters. The standard InChI is InChI=1S/C11H9N5OS/c12-4-9-15-7-3-8(6-1-2-13-5-14-6)18-10(7)11(17)16-9/h1-3,5H,4,12H2,(H,15,16,17). The number of hydrogen-bond acceptors (Lipinski definition) is 6. The van der Waals surface area contributed by atoms with Crippen molar-refractivity contribution in [1.82, 2.24) is 19.9 Å². The highest BCUT2D eigenvalue weighted by Crippen LogP contribution is 2.28. The van der Waals surface area contributed by atoms with Gasteiger partial charge in [0.2, 0.25) is 0 Å². The lowest BCUT2D eigenvalue weighted by Crippen LogP contribution is -2.12. The van der Waals surface area contributed by atoms with Gasteiger partial charge in [-0.3, -0.25) is 4.79 Å². The lowest BCUT2D eigenvalue weighted by atomic mass is 10.3. The maximum Gasteiger partial charge on any atom is 0.268 e. The van der Waals surface area contributed by atoms with Crippen molar-refractivity contribution in [2.45, 2.75) is 6.54 Å². The van der Waals surface area contributed by atoms with Crippen LogP contribution in [0, 0.1) is 0 Å². The Morgan fingerprint density at radius 3 is 3.06 bits per heavy atom. The molecule has 0 saturated heterocycles. The van der Waals surface area contributed by atoms with Crippen molar-refractivity contribution in [3.8, 4) is 10.6 Å². The molecule has 0 spiro atoms. The molecule has 0 aliphatic carbocycles. The lowest BCUT2D eigenvalue weighted by Gasteiger charge is -1.94. The lowest BCUT2D eigenvalue weighted by molar-refractivity contribution is 0.915. The predicted octanol–water partition coefficient (Wildman–Crippen LogP) is 0.900. The van der Waals surface area contributed by atoms with E-state index in [-0.39, 0.29) is 12.1 Å². The third-order valence-electron chi connectivity index (χ3n) is 2.46. The third kappa shape index (κ3) is 1.79. The minimum absolute atomic E-state index is 0.161. The molecule has 90 valence electrons. The Labute approximate surface area is 106 Å². The fourth-order valence-electron chi connectivity index (χ4n) is 1.65. The van der Waals surface area contributed by atoms with Gasteiger partial charge in [-0.2, -0.15) is 0 Å². The van der Waals surface area contributed by atoms with Crippen molar-refractivity contribution >= 4 is 21.6 Å². The van der Waals surface area contributed by atoms with Gasteiger partial charge in [-0.25, -0.2) is 15.0 Å². The molecule has 0 radical (unpaired) electrons. The van der Waals surface area contributed by atoms with E-state index in [1.165, 1.54) is 17.7 Å². The van der Waals surface area contributed by atoms with Gasteiger partial charge in [0, 0.05) is 6.20 Å². The zero-order valence-corrected chi connectivity index (χ0v) is 10.1. The van der Waals surface area contributed by atoms with Crippen molar-refractivity contribution in [3.05, 3.63) is 40.8 Å². The van der Waals surface area contributed by atoms with E-state index in [1.54, 1.807) is 12.3 Å². The first-order chi connectivity index (χ1) is 8.78. The highest BCUT2D eigenvalue weighted by atomic mass is 32.1. The number of nitrogens with zero attached hydrogens (tertiary/aromatic N) is 3. The second kappa shape index (κ2) is 4.28. The first kappa shape index (κ1) is 11.0. The summed E-state index contributed by atoms with van der Waals surface area (Å²) in [6.07, 6.45) is 3.14. The summed E-state index contributed by atoms with van der Waals surface area (Å²) in [5.41, 5.74) is 6.75. The third-order valence-corrected chi connectivity index (χ3v) is 3.61. The molecule has 3 N–H and O–H groups in total. The van der Waals surface area contributed by atoms with Gasteiger partial charge < -0.3 is 10.7 Å². The summed E-state index contributed by atoms with van der Waals surface area (Å²) in [6, 6.07) is 3.64. The van der Waals surface area contributed by atoms with E-state index in [0.29, 0.717) is 16.0 Å². The molecule has 3 aromatic rings. The zero-order valence-electron chi connectivity index (χ0n) is 9.25. The predicted molar refractivity (Wildman–Crippen MR) is 69.2 cm³/mol. The molecule has 0 fully saturated rings. The average molecular weight is 259 g/mol. The second-order valence-corrected chi connectivity index (χ2v) is 4.69. The van der Waals surface area contributed by atoms with E-state index in [4.69, 9.17) is 5.73 Å². The molecule has 3 rings (SSSR count). The van der Waals surface area contributed by atoms with Gasteiger partial charge in [-0.05, 0) is 12.1 Å². The maximum atomic E-state index is 11.8. The summed E-state index contributed by atoms with van der Waals surface area (Å²) in [7, 11) is 0. The Hall–Kier alpha value is -2.12. The smallest absolute Gasteiger partial charge is 0.268 e. The van der Waals surface area contributed by atoms with Crippen LogP contribution in [0.1, 0.15) is 5.82 Å². The normalized spacial score (nSPS) is 10.9. The molecule has 0 atom stereocenters. The quantitative estimate of drug-likeness (QED) is 0.712. The molecule has 7 heteroatoms. The first-order valence-electron chi connectivity index (χ1n) is 5.27. The monoisotopic (exact) mass is 259 g/mol. The molecule has 18 heavy (non-hydrogen) atoms. The molecule has 0 amide bonds. The van der Waals surface area contributed by atoms with E-state index in [2.05, 4.69) is 19.9 Å². The maximum absolute atomic E-state index is 11.8. The van der Waals surface area contributed by atoms with Gasteiger partial charge in [0.25, 0.3) is 5.56 Å². The van der Waals surface area contributed by atoms with Gasteiger partial charge in [0.05, 0.1) is 22.6 Å². The number of hydrogen-bond donors (Lipinski definition) is 2. The number of aromatic nitrogens is 4. The van der Waals surface area contributed by atoms with Crippen molar-refractivity contribution < 1.29 is 0 Å². The van der Waals surface area contributed by atoms with Gasteiger partial charge >= 0.3 is 0 Å². The molecule has 0 bridgehead atoms. The Morgan fingerprint density at radius 1 is 1.44 bits per heavy atom. The van der Waals surface area contributed by atoms with Crippen molar-refractivity contribution in [2.75, 3.05) is 0 Å². The van der Waals surface area contributed by atoms with E-state index < -0.39 is 0 Å². The Kier molecular flexibility index (Phi) is 2.62. The molecule has 0 saturated carbocycles. The van der Waals surface area contributed by atoms with Crippen LogP contribution in [0.5, 0.6) is 0 Å². The molecular formula is C11H9N5OS. The highest BCUT2D eigenvalue weighted by Gasteiger charge is 2.10. The number of fused-ring (bicyclic) bond motifs is 1. The minimum atomic E-state index is -0.161. The zero-order chi connectivity index (χ0) is 12.5. The fourth-order valence-corrected chi connectivity index (χ4v) is 2.62. The van der Waals surface area contributed by atoms with Crippen LogP contribution in [0.4, 0.5) is 0 Å². The number of nitrogens with one attached hydrogen (secondary N) is 1. The summed E-state index contributed by atoms with van der Waals surface area (Å²) in [5, 5.41) is 0. The summed E-state index contributed by atoms with van der Waals surface area (Å²) < 4.78 is 0.584. The number of H-pyrrole nitrogens is 1. The molecule has 0 aliphatic rings. The van der Waals surface area contributed by atoms with Gasteiger partial charge in [-0.1, -0.05) is 0 Å².